The van der Waals surface area contributed by atoms with Crippen LogP contribution in [-0.4, -0.2) is 17.5 Å². The third kappa shape index (κ3) is 4.99. The first-order valence-corrected chi connectivity index (χ1v) is 7.20. The molecule has 0 amide bonds. The number of rotatable bonds is 6. The normalized spacial score (nSPS) is 12.1. The second-order valence-electron chi connectivity index (χ2n) is 3.86. The zero-order valence-corrected chi connectivity index (χ0v) is 11.7. The first kappa shape index (κ1) is 14.4. The third-order valence-corrected chi connectivity index (χ3v) is 3.89. The van der Waals surface area contributed by atoms with Crippen molar-refractivity contribution in [3.63, 3.8) is 0 Å². The molecule has 0 saturated carbocycles. The van der Waals surface area contributed by atoms with Crippen molar-refractivity contribution < 1.29 is 0 Å². The van der Waals surface area contributed by atoms with Gasteiger partial charge in [0.25, 0.3) is 0 Å². The van der Waals surface area contributed by atoms with E-state index in [1.807, 2.05) is 17.8 Å². The highest BCUT2D eigenvalue weighted by molar-refractivity contribution is 7.99. The quantitative estimate of drug-likeness (QED) is 0.859. The molecule has 0 aromatic heterocycles. The van der Waals surface area contributed by atoms with Crippen molar-refractivity contribution in [2.45, 2.75) is 26.4 Å². The molecule has 0 aliphatic carbocycles. The molecule has 0 aliphatic rings. The van der Waals surface area contributed by atoms with Gasteiger partial charge in [-0.2, -0.15) is 17.0 Å². The number of thioether (sulfide) groups is 1. The number of halogens is 1. The Labute approximate surface area is 112 Å². The molecule has 1 N–H and O–H groups in total. The molecular formula is C13H17ClN2S. The van der Waals surface area contributed by atoms with E-state index in [-0.39, 0.29) is 0 Å². The summed E-state index contributed by atoms with van der Waals surface area (Å²) >= 11 is 8.02. The van der Waals surface area contributed by atoms with E-state index in [2.05, 4.69) is 25.2 Å². The van der Waals surface area contributed by atoms with Gasteiger partial charge in [0.15, 0.2) is 0 Å². The maximum absolute atomic E-state index is 8.74. The van der Waals surface area contributed by atoms with Gasteiger partial charge in [0, 0.05) is 23.4 Å². The van der Waals surface area contributed by atoms with Crippen molar-refractivity contribution in [2.24, 2.45) is 0 Å². The zero-order valence-electron chi connectivity index (χ0n) is 10.2. The summed E-state index contributed by atoms with van der Waals surface area (Å²) in [4.78, 5) is 0. The van der Waals surface area contributed by atoms with Gasteiger partial charge >= 0.3 is 0 Å². The summed E-state index contributed by atoms with van der Waals surface area (Å²) < 4.78 is 0. The Balaban J connectivity index is 2.49. The van der Waals surface area contributed by atoms with Gasteiger partial charge in [-0.1, -0.05) is 24.6 Å². The van der Waals surface area contributed by atoms with Crippen molar-refractivity contribution in [1.29, 1.82) is 5.26 Å². The van der Waals surface area contributed by atoms with Crippen LogP contribution in [0.1, 0.15) is 25.0 Å². The number of hydrogen-bond acceptors (Lipinski definition) is 3. The summed E-state index contributed by atoms with van der Waals surface area (Å²) in [6.45, 7) is 5.07. The lowest BCUT2D eigenvalue weighted by Crippen LogP contribution is -2.27. The average Bonchev–Trinajstić information content (AvgIpc) is 2.34. The summed E-state index contributed by atoms with van der Waals surface area (Å²) in [5, 5.41) is 12.8. The van der Waals surface area contributed by atoms with E-state index in [0.29, 0.717) is 16.6 Å². The number of benzene rings is 1. The van der Waals surface area contributed by atoms with Crippen LogP contribution in [0.15, 0.2) is 18.2 Å². The van der Waals surface area contributed by atoms with Gasteiger partial charge in [-0.25, -0.2) is 0 Å². The molecule has 0 spiro atoms. The van der Waals surface area contributed by atoms with E-state index in [4.69, 9.17) is 16.9 Å². The van der Waals surface area contributed by atoms with Crippen molar-refractivity contribution in [3.05, 3.63) is 34.3 Å². The van der Waals surface area contributed by atoms with Crippen molar-refractivity contribution in [1.82, 2.24) is 5.32 Å². The molecule has 0 saturated heterocycles. The van der Waals surface area contributed by atoms with E-state index in [0.717, 1.165) is 23.6 Å². The zero-order chi connectivity index (χ0) is 12.7. The Bertz CT molecular complexity index is 401. The van der Waals surface area contributed by atoms with Crippen molar-refractivity contribution in [3.8, 4) is 6.07 Å². The van der Waals surface area contributed by atoms with Crippen LogP contribution in [0.5, 0.6) is 0 Å². The highest BCUT2D eigenvalue weighted by Gasteiger charge is 2.04. The molecule has 1 unspecified atom stereocenters. The van der Waals surface area contributed by atoms with E-state index >= 15 is 0 Å². The SMILES string of the molecule is CCSCC(C)NCc1ccc(C#N)cc1Cl. The molecule has 1 atom stereocenters. The van der Waals surface area contributed by atoms with Crippen LogP contribution < -0.4 is 5.32 Å². The Hall–Kier alpha value is -0.690. The monoisotopic (exact) mass is 268 g/mol. The van der Waals surface area contributed by atoms with Gasteiger partial charge in [-0.3, -0.25) is 0 Å². The van der Waals surface area contributed by atoms with Gasteiger partial charge in [0.1, 0.15) is 0 Å². The molecule has 92 valence electrons. The lowest BCUT2D eigenvalue weighted by molar-refractivity contribution is 0.596. The second-order valence-corrected chi connectivity index (χ2v) is 5.59. The fourth-order valence-corrected chi connectivity index (χ4v) is 2.35. The van der Waals surface area contributed by atoms with Crippen molar-refractivity contribution >= 4 is 23.4 Å². The highest BCUT2D eigenvalue weighted by atomic mass is 35.5. The van der Waals surface area contributed by atoms with Crippen LogP contribution in [0.2, 0.25) is 5.02 Å². The Morgan fingerprint density at radius 2 is 2.29 bits per heavy atom. The van der Waals surface area contributed by atoms with Crippen LogP contribution >= 0.6 is 23.4 Å². The van der Waals surface area contributed by atoms with Crippen LogP contribution in [0.25, 0.3) is 0 Å². The van der Waals surface area contributed by atoms with E-state index in [9.17, 15) is 0 Å². The van der Waals surface area contributed by atoms with Crippen LogP contribution in [0, 0.1) is 11.3 Å². The van der Waals surface area contributed by atoms with Crippen LogP contribution in [0.4, 0.5) is 0 Å². The summed E-state index contributed by atoms with van der Waals surface area (Å²) in [5.41, 5.74) is 1.65. The fraction of sp³-hybridized carbons (Fsp3) is 0.462. The molecule has 4 heteroatoms. The number of hydrogen-bond donors (Lipinski definition) is 1. The lowest BCUT2D eigenvalue weighted by atomic mass is 10.1. The van der Waals surface area contributed by atoms with Gasteiger partial charge in [-0.05, 0) is 30.4 Å². The van der Waals surface area contributed by atoms with Crippen molar-refractivity contribution in [2.75, 3.05) is 11.5 Å². The van der Waals surface area contributed by atoms with E-state index in [1.54, 1.807) is 12.1 Å². The molecular weight excluding hydrogens is 252 g/mol. The predicted molar refractivity (Wildman–Crippen MR) is 75.5 cm³/mol. The Morgan fingerprint density at radius 1 is 1.53 bits per heavy atom. The molecule has 1 aromatic carbocycles. The van der Waals surface area contributed by atoms with Crippen LogP contribution in [-0.2, 0) is 6.54 Å². The molecule has 0 aliphatic heterocycles. The predicted octanol–water partition coefficient (Wildman–Crippen LogP) is 3.44. The van der Waals surface area contributed by atoms with Gasteiger partial charge in [-0.15, -0.1) is 0 Å². The smallest absolute Gasteiger partial charge is 0.0992 e. The third-order valence-electron chi connectivity index (χ3n) is 2.40. The summed E-state index contributed by atoms with van der Waals surface area (Å²) in [7, 11) is 0. The van der Waals surface area contributed by atoms with Crippen LogP contribution in [0.3, 0.4) is 0 Å². The van der Waals surface area contributed by atoms with Gasteiger partial charge < -0.3 is 5.32 Å². The summed E-state index contributed by atoms with van der Waals surface area (Å²) in [5.74, 6) is 2.24. The highest BCUT2D eigenvalue weighted by Crippen LogP contribution is 2.17. The second kappa shape index (κ2) is 7.60. The fourth-order valence-electron chi connectivity index (χ4n) is 1.40. The standard InChI is InChI=1S/C13H17ClN2S/c1-3-17-9-10(2)16-8-12-5-4-11(7-15)6-13(12)14/h4-6,10,16H,3,8-9H2,1-2H3. The molecule has 2 nitrogen and oxygen atoms in total. The minimum absolute atomic E-state index is 0.465. The lowest BCUT2D eigenvalue weighted by Gasteiger charge is -2.13. The summed E-state index contributed by atoms with van der Waals surface area (Å²) in [6.07, 6.45) is 0. The minimum Gasteiger partial charge on any atom is -0.309 e. The number of nitrogens with one attached hydrogen (secondary N) is 1. The maximum Gasteiger partial charge on any atom is 0.0992 e. The first-order valence-electron chi connectivity index (χ1n) is 5.67. The molecule has 0 heterocycles. The van der Waals surface area contributed by atoms with Gasteiger partial charge in [0.2, 0.25) is 0 Å². The topological polar surface area (TPSA) is 35.8 Å². The largest absolute Gasteiger partial charge is 0.309 e. The van der Waals surface area contributed by atoms with E-state index in [1.165, 1.54) is 0 Å². The molecule has 0 radical (unpaired) electrons. The summed E-state index contributed by atoms with van der Waals surface area (Å²) in [6, 6.07) is 7.97. The molecule has 0 bridgehead atoms. The Kier molecular flexibility index (Phi) is 6.43. The van der Waals surface area contributed by atoms with E-state index < -0.39 is 0 Å². The first-order chi connectivity index (χ1) is 8.17. The molecule has 0 fully saturated rings. The minimum atomic E-state index is 0.465. The number of nitriles is 1. The Morgan fingerprint density at radius 3 is 2.88 bits per heavy atom. The molecule has 1 aromatic rings. The van der Waals surface area contributed by atoms with Gasteiger partial charge in [0.05, 0.1) is 11.6 Å². The maximum atomic E-state index is 8.74. The molecule has 1 rings (SSSR count). The molecule has 17 heavy (non-hydrogen) atoms. The number of nitrogens with zero attached hydrogens (tertiary/aromatic N) is 1. The average molecular weight is 269 g/mol.